The highest BCUT2D eigenvalue weighted by Gasteiger charge is 2.21. The first-order chi connectivity index (χ1) is 10.5. The number of rotatable bonds is 6. The average Bonchev–Trinajstić information content (AvgIpc) is 2.52. The molecule has 0 radical (unpaired) electrons. The Balaban J connectivity index is 2.78. The molecule has 0 saturated carbocycles. The van der Waals surface area contributed by atoms with Crippen LogP contribution in [0, 0.1) is 0 Å². The van der Waals surface area contributed by atoms with Crippen LogP contribution >= 0.6 is 0 Å². The maximum Gasteiger partial charge on any atom is 0.387 e. The zero-order valence-corrected chi connectivity index (χ0v) is 12.6. The summed E-state index contributed by atoms with van der Waals surface area (Å²) in [7, 11) is 0. The van der Waals surface area contributed by atoms with Crippen molar-refractivity contribution >= 4 is 17.9 Å². The van der Waals surface area contributed by atoms with Gasteiger partial charge < -0.3 is 4.74 Å². The summed E-state index contributed by atoms with van der Waals surface area (Å²) in [5.74, 6) is -2.46. The van der Waals surface area contributed by atoms with Crippen molar-refractivity contribution in [2.75, 3.05) is 6.61 Å². The normalized spacial score (nSPS) is 9.73. The highest BCUT2D eigenvalue weighted by Crippen LogP contribution is 2.13. The lowest BCUT2D eigenvalue weighted by Crippen LogP contribution is -2.16. The standard InChI is InChI=1S/C16H18O6/c1-4-5-10-20-15(18)12-8-6-7-9-13(12)16(19)22-21-14(17)11(2)3/h6-9H,2,4-5,10H2,1,3H3. The molecule has 22 heavy (non-hydrogen) atoms. The van der Waals surface area contributed by atoms with Gasteiger partial charge in [0.15, 0.2) is 0 Å². The first kappa shape index (κ1) is 17.4. The van der Waals surface area contributed by atoms with Crippen LogP contribution in [-0.2, 0) is 19.3 Å². The van der Waals surface area contributed by atoms with E-state index in [9.17, 15) is 14.4 Å². The number of esters is 1. The number of hydrogen-bond acceptors (Lipinski definition) is 6. The Bertz CT molecular complexity index is 576. The van der Waals surface area contributed by atoms with E-state index in [4.69, 9.17) is 4.74 Å². The van der Waals surface area contributed by atoms with Crippen molar-refractivity contribution in [2.24, 2.45) is 0 Å². The lowest BCUT2D eigenvalue weighted by molar-refractivity contribution is -0.229. The summed E-state index contributed by atoms with van der Waals surface area (Å²) >= 11 is 0. The van der Waals surface area contributed by atoms with Crippen LogP contribution in [0.15, 0.2) is 36.4 Å². The van der Waals surface area contributed by atoms with E-state index in [1.54, 1.807) is 12.1 Å². The molecule has 0 spiro atoms. The maximum absolute atomic E-state index is 11.9. The maximum atomic E-state index is 11.9. The van der Waals surface area contributed by atoms with Gasteiger partial charge in [-0.2, -0.15) is 0 Å². The number of ether oxygens (including phenoxy) is 1. The van der Waals surface area contributed by atoms with Gasteiger partial charge in [0, 0.05) is 5.57 Å². The number of carbonyl (C=O) groups is 3. The summed E-state index contributed by atoms with van der Waals surface area (Å²) in [5.41, 5.74) is 0.0913. The predicted octanol–water partition coefficient (Wildman–Crippen LogP) is 2.83. The fourth-order valence-electron chi connectivity index (χ4n) is 1.42. The molecule has 0 amide bonds. The second kappa shape index (κ2) is 8.61. The third-order valence-corrected chi connectivity index (χ3v) is 2.64. The van der Waals surface area contributed by atoms with Gasteiger partial charge in [-0.1, -0.05) is 32.1 Å². The quantitative estimate of drug-likeness (QED) is 0.264. The largest absolute Gasteiger partial charge is 0.462 e. The molecule has 0 aliphatic carbocycles. The van der Waals surface area contributed by atoms with Gasteiger partial charge in [0.1, 0.15) is 0 Å². The smallest absolute Gasteiger partial charge is 0.387 e. The molecular weight excluding hydrogens is 288 g/mol. The number of benzene rings is 1. The second-order valence-corrected chi connectivity index (χ2v) is 4.56. The van der Waals surface area contributed by atoms with Gasteiger partial charge in [-0.3, -0.25) is 0 Å². The minimum absolute atomic E-state index is 0.0430. The lowest BCUT2D eigenvalue weighted by Gasteiger charge is -2.08. The van der Waals surface area contributed by atoms with Crippen molar-refractivity contribution in [3.05, 3.63) is 47.5 Å². The van der Waals surface area contributed by atoms with E-state index < -0.39 is 17.9 Å². The van der Waals surface area contributed by atoms with E-state index in [1.165, 1.54) is 19.1 Å². The van der Waals surface area contributed by atoms with Crippen LogP contribution in [-0.4, -0.2) is 24.5 Å². The summed E-state index contributed by atoms with van der Waals surface area (Å²) in [6.07, 6.45) is 1.61. The predicted molar refractivity (Wildman–Crippen MR) is 78.0 cm³/mol. The summed E-state index contributed by atoms with van der Waals surface area (Å²) in [4.78, 5) is 43.7. The molecule has 0 aliphatic rings. The van der Waals surface area contributed by atoms with E-state index in [2.05, 4.69) is 16.4 Å². The molecule has 0 N–H and O–H groups in total. The molecular formula is C16H18O6. The first-order valence-electron chi connectivity index (χ1n) is 6.82. The van der Waals surface area contributed by atoms with Gasteiger partial charge >= 0.3 is 17.9 Å². The van der Waals surface area contributed by atoms with Gasteiger partial charge in [-0.15, -0.1) is 0 Å². The SMILES string of the molecule is C=C(C)C(=O)OOC(=O)c1ccccc1C(=O)OCCCC. The van der Waals surface area contributed by atoms with Crippen LogP contribution in [0.2, 0.25) is 0 Å². The second-order valence-electron chi connectivity index (χ2n) is 4.56. The summed E-state index contributed by atoms with van der Waals surface area (Å²) in [5, 5.41) is 0. The van der Waals surface area contributed by atoms with Gasteiger partial charge in [0.25, 0.3) is 0 Å². The van der Waals surface area contributed by atoms with E-state index >= 15 is 0 Å². The van der Waals surface area contributed by atoms with Crippen molar-refractivity contribution in [3.63, 3.8) is 0 Å². The Morgan fingerprint density at radius 3 is 2.18 bits per heavy atom. The molecule has 0 atom stereocenters. The molecule has 0 heterocycles. The van der Waals surface area contributed by atoms with Gasteiger partial charge in [-0.05, 0) is 25.5 Å². The Hall–Kier alpha value is -2.63. The molecule has 0 aliphatic heterocycles. The molecule has 1 aromatic carbocycles. The van der Waals surface area contributed by atoms with Crippen molar-refractivity contribution in [1.82, 2.24) is 0 Å². The first-order valence-corrected chi connectivity index (χ1v) is 6.82. The minimum Gasteiger partial charge on any atom is -0.462 e. The fourth-order valence-corrected chi connectivity index (χ4v) is 1.42. The molecule has 6 nitrogen and oxygen atoms in total. The van der Waals surface area contributed by atoms with E-state index in [0.717, 1.165) is 12.8 Å². The molecule has 0 saturated heterocycles. The Labute approximate surface area is 128 Å². The Morgan fingerprint density at radius 1 is 1.05 bits per heavy atom. The molecule has 0 fully saturated rings. The number of carbonyl (C=O) groups excluding carboxylic acids is 3. The lowest BCUT2D eigenvalue weighted by atomic mass is 10.1. The van der Waals surface area contributed by atoms with Crippen molar-refractivity contribution in [1.29, 1.82) is 0 Å². The topological polar surface area (TPSA) is 78.9 Å². The summed E-state index contributed by atoms with van der Waals surface area (Å²) in [6, 6.07) is 5.96. The average molecular weight is 306 g/mol. The third kappa shape index (κ3) is 5.05. The van der Waals surface area contributed by atoms with Crippen molar-refractivity contribution < 1.29 is 28.9 Å². The van der Waals surface area contributed by atoms with Crippen LogP contribution in [0.4, 0.5) is 0 Å². The Morgan fingerprint density at radius 2 is 1.64 bits per heavy atom. The molecule has 1 aromatic rings. The fraction of sp³-hybridized carbons (Fsp3) is 0.312. The summed E-state index contributed by atoms with van der Waals surface area (Å²) in [6.45, 7) is 7.00. The van der Waals surface area contributed by atoms with Crippen molar-refractivity contribution in [3.8, 4) is 0 Å². The van der Waals surface area contributed by atoms with Crippen LogP contribution in [0.5, 0.6) is 0 Å². The molecule has 0 aromatic heterocycles. The van der Waals surface area contributed by atoms with E-state index in [1.807, 2.05) is 6.92 Å². The van der Waals surface area contributed by atoms with Crippen molar-refractivity contribution in [2.45, 2.75) is 26.7 Å². The van der Waals surface area contributed by atoms with Gasteiger partial charge in [0.2, 0.25) is 0 Å². The number of unbranched alkanes of at least 4 members (excludes halogenated alkanes) is 1. The zero-order valence-electron chi connectivity index (χ0n) is 12.6. The highest BCUT2D eigenvalue weighted by atomic mass is 17.2. The van der Waals surface area contributed by atoms with Gasteiger partial charge in [0.05, 0.1) is 17.7 Å². The van der Waals surface area contributed by atoms with Crippen LogP contribution in [0.1, 0.15) is 47.4 Å². The third-order valence-electron chi connectivity index (χ3n) is 2.64. The number of hydrogen-bond donors (Lipinski definition) is 0. The molecule has 118 valence electrons. The molecule has 1 rings (SSSR count). The molecule has 0 unspecified atom stereocenters. The van der Waals surface area contributed by atoms with Gasteiger partial charge in [-0.25, -0.2) is 24.2 Å². The monoisotopic (exact) mass is 306 g/mol. The van der Waals surface area contributed by atoms with E-state index in [0.29, 0.717) is 0 Å². The summed E-state index contributed by atoms with van der Waals surface area (Å²) < 4.78 is 5.05. The van der Waals surface area contributed by atoms with Crippen LogP contribution in [0.3, 0.4) is 0 Å². The van der Waals surface area contributed by atoms with E-state index in [-0.39, 0.29) is 23.3 Å². The van der Waals surface area contributed by atoms with Crippen LogP contribution in [0.25, 0.3) is 0 Å². The molecule has 0 bridgehead atoms. The Kier molecular flexibility index (Phi) is 6.82. The molecule has 6 heteroatoms. The van der Waals surface area contributed by atoms with Crippen LogP contribution < -0.4 is 0 Å². The highest BCUT2D eigenvalue weighted by molar-refractivity contribution is 6.03. The zero-order chi connectivity index (χ0) is 16.5. The minimum atomic E-state index is -0.961.